The van der Waals surface area contributed by atoms with Gasteiger partial charge in [0, 0.05) is 20.1 Å². The van der Waals surface area contributed by atoms with Crippen molar-refractivity contribution < 1.29 is 4.42 Å². The van der Waals surface area contributed by atoms with Crippen LogP contribution < -0.4 is 0 Å². The molecule has 1 heterocycles. The first kappa shape index (κ1) is 12.7. The Hall–Kier alpha value is -1.32. The Balaban J connectivity index is 2.15. The van der Waals surface area contributed by atoms with Crippen molar-refractivity contribution in [3.05, 3.63) is 69.8 Å². The van der Waals surface area contributed by atoms with Crippen LogP contribution in [0.4, 0.5) is 0 Å². The van der Waals surface area contributed by atoms with Gasteiger partial charge in [-0.15, -0.1) is 0 Å². The molecule has 94 valence electrons. The molecule has 1 aromatic heterocycles. The summed E-state index contributed by atoms with van der Waals surface area (Å²) in [6, 6.07) is 18.3. The zero-order chi connectivity index (χ0) is 13.2. The van der Waals surface area contributed by atoms with Crippen LogP contribution in [0.15, 0.2) is 74.2 Å². The van der Waals surface area contributed by atoms with Gasteiger partial charge in [-0.2, -0.15) is 0 Å². The van der Waals surface area contributed by atoms with Gasteiger partial charge in [-0.25, -0.2) is 0 Å². The van der Waals surface area contributed by atoms with Crippen molar-refractivity contribution in [2.24, 2.45) is 0 Å². The summed E-state index contributed by atoms with van der Waals surface area (Å²) < 4.78 is 7.73. The molecule has 3 heteroatoms. The largest absolute Gasteiger partial charge is 0.464 e. The summed E-state index contributed by atoms with van der Waals surface area (Å²) in [4.78, 5) is 0. The van der Waals surface area contributed by atoms with E-state index in [0.29, 0.717) is 0 Å². The van der Waals surface area contributed by atoms with E-state index in [1.807, 2.05) is 42.5 Å². The van der Waals surface area contributed by atoms with Crippen molar-refractivity contribution in [1.29, 1.82) is 0 Å². The lowest BCUT2D eigenvalue weighted by molar-refractivity contribution is 0.582. The van der Waals surface area contributed by atoms with Crippen molar-refractivity contribution >= 4 is 31.9 Å². The lowest BCUT2D eigenvalue weighted by atomic mass is 10.0. The second-order valence-corrected chi connectivity index (χ2v) is 5.92. The fraction of sp³-hybridized carbons (Fsp3) is 0. The minimum absolute atomic E-state index is 0.880. The molecular weight excluding hydrogens is 368 g/mol. The van der Waals surface area contributed by atoms with Gasteiger partial charge in [-0.1, -0.05) is 46.3 Å². The molecule has 0 unspecified atom stereocenters. The van der Waals surface area contributed by atoms with Crippen molar-refractivity contribution in [2.75, 3.05) is 0 Å². The molecule has 0 aliphatic heterocycles. The smallest absolute Gasteiger partial charge is 0.142 e. The summed E-state index contributed by atoms with van der Waals surface area (Å²) >= 11 is 7.05. The van der Waals surface area contributed by atoms with Crippen LogP contribution in [-0.4, -0.2) is 0 Å². The molecule has 3 aromatic rings. The minimum atomic E-state index is 0.880. The number of hydrogen-bond donors (Lipinski definition) is 0. The highest BCUT2D eigenvalue weighted by Gasteiger charge is 2.13. The lowest BCUT2D eigenvalue weighted by Crippen LogP contribution is -1.82. The topological polar surface area (TPSA) is 13.1 Å². The Morgan fingerprint density at radius 2 is 1.58 bits per heavy atom. The highest BCUT2D eigenvalue weighted by molar-refractivity contribution is 9.11. The van der Waals surface area contributed by atoms with Gasteiger partial charge < -0.3 is 4.42 Å². The summed E-state index contributed by atoms with van der Waals surface area (Å²) in [5.74, 6) is 0.880. The van der Waals surface area contributed by atoms with Gasteiger partial charge in [0.2, 0.25) is 0 Å². The van der Waals surface area contributed by atoms with E-state index in [0.717, 1.165) is 31.4 Å². The van der Waals surface area contributed by atoms with E-state index in [4.69, 9.17) is 4.42 Å². The molecule has 19 heavy (non-hydrogen) atoms. The molecule has 0 N–H and O–H groups in total. The predicted molar refractivity (Wildman–Crippen MR) is 85.0 cm³/mol. The number of rotatable bonds is 2. The molecule has 0 spiro atoms. The van der Waals surface area contributed by atoms with Crippen molar-refractivity contribution in [1.82, 2.24) is 0 Å². The van der Waals surface area contributed by atoms with E-state index in [2.05, 4.69) is 44.0 Å². The summed E-state index contributed by atoms with van der Waals surface area (Å²) in [5.41, 5.74) is 3.30. The second kappa shape index (κ2) is 5.35. The molecule has 0 radical (unpaired) electrons. The SMILES string of the molecule is Brc1ccc(-c2occc2-c2ccccc2)c(Br)c1. The number of halogens is 2. The number of furan rings is 1. The summed E-state index contributed by atoms with van der Waals surface area (Å²) in [7, 11) is 0. The molecular formula is C16H10Br2O. The number of hydrogen-bond acceptors (Lipinski definition) is 1. The van der Waals surface area contributed by atoms with Crippen LogP contribution in [0.2, 0.25) is 0 Å². The molecule has 0 amide bonds. The normalized spacial score (nSPS) is 10.6. The van der Waals surface area contributed by atoms with E-state index in [1.54, 1.807) is 6.26 Å². The predicted octanol–water partition coefficient (Wildman–Crippen LogP) is 6.14. The molecule has 1 nitrogen and oxygen atoms in total. The maximum absolute atomic E-state index is 5.68. The molecule has 0 atom stereocenters. The van der Waals surface area contributed by atoms with Crippen LogP contribution in [0.1, 0.15) is 0 Å². The van der Waals surface area contributed by atoms with Crippen LogP contribution in [0, 0.1) is 0 Å². The Labute approximate surface area is 128 Å². The first-order valence-corrected chi connectivity index (χ1v) is 7.42. The maximum Gasteiger partial charge on any atom is 0.142 e. The molecule has 2 aromatic carbocycles. The third-order valence-electron chi connectivity index (χ3n) is 2.93. The van der Waals surface area contributed by atoms with Crippen molar-refractivity contribution in [3.63, 3.8) is 0 Å². The van der Waals surface area contributed by atoms with Gasteiger partial charge in [0.15, 0.2) is 0 Å². The van der Waals surface area contributed by atoms with Crippen molar-refractivity contribution in [3.8, 4) is 22.5 Å². The van der Waals surface area contributed by atoms with Gasteiger partial charge in [-0.3, -0.25) is 0 Å². The fourth-order valence-electron chi connectivity index (χ4n) is 2.04. The third kappa shape index (κ3) is 2.53. The molecule has 0 aliphatic rings. The highest BCUT2D eigenvalue weighted by Crippen LogP contribution is 2.37. The van der Waals surface area contributed by atoms with Crippen LogP contribution in [0.5, 0.6) is 0 Å². The maximum atomic E-state index is 5.68. The zero-order valence-electron chi connectivity index (χ0n) is 9.94. The second-order valence-electron chi connectivity index (χ2n) is 4.15. The van der Waals surface area contributed by atoms with Gasteiger partial charge in [0.05, 0.1) is 6.26 Å². The van der Waals surface area contributed by atoms with E-state index in [1.165, 1.54) is 0 Å². The Morgan fingerprint density at radius 1 is 0.789 bits per heavy atom. The quantitative estimate of drug-likeness (QED) is 0.522. The Bertz CT molecular complexity index is 702. The van der Waals surface area contributed by atoms with E-state index >= 15 is 0 Å². The lowest BCUT2D eigenvalue weighted by Gasteiger charge is -2.06. The first-order chi connectivity index (χ1) is 9.25. The third-order valence-corrected chi connectivity index (χ3v) is 4.08. The van der Waals surface area contributed by atoms with Gasteiger partial charge in [0.25, 0.3) is 0 Å². The van der Waals surface area contributed by atoms with Crippen LogP contribution in [0.3, 0.4) is 0 Å². The molecule has 0 aliphatic carbocycles. The fourth-order valence-corrected chi connectivity index (χ4v) is 3.26. The van der Waals surface area contributed by atoms with Crippen LogP contribution >= 0.6 is 31.9 Å². The minimum Gasteiger partial charge on any atom is -0.464 e. The van der Waals surface area contributed by atoms with Crippen LogP contribution in [0.25, 0.3) is 22.5 Å². The average Bonchev–Trinajstić information content (AvgIpc) is 2.89. The van der Waals surface area contributed by atoms with E-state index < -0.39 is 0 Å². The molecule has 3 rings (SSSR count). The highest BCUT2D eigenvalue weighted by atomic mass is 79.9. The number of benzene rings is 2. The Kier molecular flexibility index (Phi) is 3.58. The summed E-state index contributed by atoms with van der Waals surface area (Å²) in [5, 5.41) is 0. The molecule has 0 saturated carbocycles. The molecule has 0 saturated heterocycles. The van der Waals surface area contributed by atoms with Gasteiger partial charge in [-0.05, 0) is 45.8 Å². The van der Waals surface area contributed by atoms with E-state index in [-0.39, 0.29) is 0 Å². The average molecular weight is 378 g/mol. The standard InChI is InChI=1S/C16H10Br2O/c17-12-6-7-14(15(18)10-12)16-13(8-9-19-16)11-4-2-1-3-5-11/h1-10H. The first-order valence-electron chi connectivity index (χ1n) is 5.84. The Morgan fingerprint density at radius 3 is 2.32 bits per heavy atom. The summed E-state index contributed by atoms with van der Waals surface area (Å²) in [6.45, 7) is 0. The van der Waals surface area contributed by atoms with Gasteiger partial charge in [0.1, 0.15) is 5.76 Å². The molecule has 0 bridgehead atoms. The van der Waals surface area contributed by atoms with E-state index in [9.17, 15) is 0 Å². The zero-order valence-corrected chi connectivity index (χ0v) is 13.1. The summed E-state index contributed by atoms with van der Waals surface area (Å²) in [6.07, 6.45) is 1.73. The molecule has 0 fully saturated rings. The monoisotopic (exact) mass is 376 g/mol. The van der Waals surface area contributed by atoms with Crippen LogP contribution in [-0.2, 0) is 0 Å². The van der Waals surface area contributed by atoms with Gasteiger partial charge >= 0.3 is 0 Å². The van der Waals surface area contributed by atoms with Crippen molar-refractivity contribution in [2.45, 2.75) is 0 Å².